The second kappa shape index (κ2) is 2.20. The number of carbonyl (C=O) groups is 1. The van der Waals surface area contributed by atoms with Gasteiger partial charge in [0.05, 0.1) is 0 Å². The van der Waals surface area contributed by atoms with E-state index in [9.17, 15) is 18.0 Å². The average molecular weight is 154 g/mol. The predicted molar refractivity (Wildman–Crippen MR) is 21.7 cm³/mol. The molecule has 0 spiro atoms. The number of ether oxygens (including phenoxy) is 2. The number of hydrogen-bond donors (Lipinski definition) is 0. The van der Waals surface area contributed by atoms with Gasteiger partial charge in [0.25, 0.3) is 0 Å². The Bertz CT molecular complexity index is 188. The van der Waals surface area contributed by atoms with Gasteiger partial charge in [-0.05, 0) is 0 Å². The first-order chi connectivity index (χ1) is 4.61. The van der Waals surface area contributed by atoms with Crippen LogP contribution in [-0.4, -0.2) is 12.4 Å². The van der Waals surface area contributed by atoms with Gasteiger partial charge in [-0.2, -0.15) is 13.2 Å². The molecule has 0 N–H and O–H groups in total. The molecule has 6 heteroatoms. The minimum atomic E-state index is -2.54. The van der Waals surface area contributed by atoms with E-state index < -0.39 is 24.4 Å². The van der Waals surface area contributed by atoms with Gasteiger partial charge in [0.15, 0.2) is 0 Å². The molecule has 1 rings (SSSR count). The second-order valence-electron chi connectivity index (χ2n) is 1.43. The van der Waals surface area contributed by atoms with Crippen LogP contribution in [0, 0.1) is 0 Å². The van der Waals surface area contributed by atoms with Crippen LogP contribution in [-0.2, 0) is 9.47 Å². The van der Waals surface area contributed by atoms with Gasteiger partial charge in [-0.1, -0.05) is 0 Å². The summed E-state index contributed by atoms with van der Waals surface area (Å²) in [5.74, 6) is -1.86. The lowest BCUT2D eigenvalue weighted by molar-refractivity contribution is -0.171. The Morgan fingerprint density at radius 1 is 1.30 bits per heavy atom. The molecule has 10 heavy (non-hydrogen) atoms. The summed E-state index contributed by atoms with van der Waals surface area (Å²) in [5.41, 5.74) is 0. The maximum atomic E-state index is 11.9. The third-order valence-corrected chi connectivity index (χ3v) is 0.794. The van der Waals surface area contributed by atoms with E-state index in [1.54, 1.807) is 0 Å². The molecule has 1 fully saturated rings. The minimum absolute atomic E-state index is 1.15. The molecule has 0 aromatic rings. The van der Waals surface area contributed by atoms with Crippen molar-refractivity contribution in [3.05, 3.63) is 11.9 Å². The summed E-state index contributed by atoms with van der Waals surface area (Å²) in [6, 6.07) is 0. The summed E-state index contributed by atoms with van der Waals surface area (Å²) in [5, 5.41) is 0. The monoisotopic (exact) mass is 154 g/mol. The molecule has 56 valence electrons. The van der Waals surface area contributed by atoms with Crippen molar-refractivity contribution in [2.24, 2.45) is 0 Å². The van der Waals surface area contributed by atoms with E-state index in [0.717, 1.165) is 0 Å². The summed E-state index contributed by atoms with van der Waals surface area (Å²) in [6.45, 7) is 0. The van der Waals surface area contributed by atoms with Crippen molar-refractivity contribution < 1.29 is 27.4 Å². The molecule has 3 nitrogen and oxygen atoms in total. The molecule has 0 aromatic carbocycles. The van der Waals surface area contributed by atoms with Gasteiger partial charge >= 0.3 is 18.5 Å². The van der Waals surface area contributed by atoms with Gasteiger partial charge in [-0.25, -0.2) is 4.79 Å². The Morgan fingerprint density at radius 3 is 2.10 bits per heavy atom. The van der Waals surface area contributed by atoms with Gasteiger partial charge in [0.2, 0.25) is 5.83 Å². The topological polar surface area (TPSA) is 35.5 Å². The highest BCUT2D eigenvalue weighted by molar-refractivity contribution is 5.65. The van der Waals surface area contributed by atoms with Crippen molar-refractivity contribution in [2.75, 3.05) is 0 Å². The van der Waals surface area contributed by atoms with E-state index in [2.05, 4.69) is 9.47 Å². The fraction of sp³-hybridized carbons (Fsp3) is 0.250. The van der Waals surface area contributed by atoms with Crippen molar-refractivity contribution in [1.82, 2.24) is 0 Å². The lowest BCUT2D eigenvalue weighted by Crippen LogP contribution is -2.36. The van der Waals surface area contributed by atoms with Crippen LogP contribution in [0.5, 0.6) is 0 Å². The maximum Gasteiger partial charge on any atom is 0.515 e. The number of cyclic esters (lactones) is 2. The highest BCUT2D eigenvalue weighted by Crippen LogP contribution is 2.23. The molecule has 0 unspecified atom stereocenters. The van der Waals surface area contributed by atoms with Crippen molar-refractivity contribution in [2.45, 2.75) is 6.29 Å². The van der Waals surface area contributed by atoms with Crippen LogP contribution in [0.2, 0.25) is 0 Å². The third kappa shape index (κ3) is 1.04. The quantitative estimate of drug-likeness (QED) is 0.537. The number of halogens is 3. The Morgan fingerprint density at radius 2 is 1.80 bits per heavy atom. The molecule has 1 aliphatic rings. The molecule has 1 saturated heterocycles. The highest BCUT2D eigenvalue weighted by atomic mass is 19.3. The van der Waals surface area contributed by atoms with E-state index in [1.807, 2.05) is 0 Å². The van der Waals surface area contributed by atoms with E-state index >= 15 is 0 Å². The highest BCUT2D eigenvalue weighted by Gasteiger charge is 2.37. The van der Waals surface area contributed by atoms with Crippen LogP contribution in [0.3, 0.4) is 0 Å². The fourth-order valence-corrected chi connectivity index (χ4v) is 0.376. The molecular formula is C4HF3O3. The van der Waals surface area contributed by atoms with E-state index in [0.29, 0.717) is 0 Å². The zero-order valence-electron chi connectivity index (χ0n) is 4.44. The molecular weight excluding hydrogens is 153 g/mol. The SMILES string of the molecule is O=C1OC(C(F)=C(F)F)O1. The van der Waals surface area contributed by atoms with Gasteiger partial charge in [-0.3, -0.25) is 0 Å². The second-order valence-corrected chi connectivity index (χ2v) is 1.43. The van der Waals surface area contributed by atoms with Crippen molar-refractivity contribution in [3.63, 3.8) is 0 Å². The first-order valence-corrected chi connectivity index (χ1v) is 2.19. The average Bonchev–Trinajstić information content (AvgIpc) is 1.79. The predicted octanol–water partition coefficient (Wildman–Crippen LogP) is 1.56. The third-order valence-electron chi connectivity index (χ3n) is 0.794. The largest absolute Gasteiger partial charge is 0.515 e. The molecule has 0 atom stereocenters. The fourth-order valence-electron chi connectivity index (χ4n) is 0.376. The Labute approximate surface area is 53.0 Å². The Kier molecular flexibility index (Phi) is 1.52. The molecule has 0 amide bonds. The Hall–Kier alpha value is -1.20. The lowest BCUT2D eigenvalue weighted by Gasteiger charge is -2.22. The summed E-state index contributed by atoms with van der Waals surface area (Å²) in [7, 11) is 0. The van der Waals surface area contributed by atoms with Gasteiger partial charge in [0, 0.05) is 0 Å². The molecule has 0 radical (unpaired) electrons. The van der Waals surface area contributed by atoms with Gasteiger partial charge in [0.1, 0.15) is 0 Å². The lowest BCUT2D eigenvalue weighted by atomic mass is 10.5. The maximum absolute atomic E-state index is 11.9. The molecule has 0 aliphatic carbocycles. The van der Waals surface area contributed by atoms with E-state index in [4.69, 9.17) is 0 Å². The van der Waals surface area contributed by atoms with E-state index in [-0.39, 0.29) is 0 Å². The molecule has 0 aromatic heterocycles. The Balaban J connectivity index is 2.53. The zero-order valence-corrected chi connectivity index (χ0v) is 4.44. The van der Waals surface area contributed by atoms with Crippen LogP contribution >= 0.6 is 0 Å². The first-order valence-electron chi connectivity index (χ1n) is 2.19. The zero-order chi connectivity index (χ0) is 7.72. The summed E-state index contributed by atoms with van der Waals surface area (Å²) in [6.07, 6.45) is -5.53. The van der Waals surface area contributed by atoms with E-state index in [1.165, 1.54) is 0 Å². The van der Waals surface area contributed by atoms with Crippen LogP contribution in [0.1, 0.15) is 0 Å². The van der Waals surface area contributed by atoms with Crippen molar-refractivity contribution in [1.29, 1.82) is 0 Å². The normalized spacial score (nSPS) is 16.9. The van der Waals surface area contributed by atoms with Crippen LogP contribution in [0.25, 0.3) is 0 Å². The molecule has 1 heterocycles. The van der Waals surface area contributed by atoms with Crippen molar-refractivity contribution in [3.8, 4) is 0 Å². The summed E-state index contributed by atoms with van der Waals surface area (Å²) < 4.78 is 42.0. The standard InChI is InChI=1S/C4HF3O3/c5-1(2(6)7)3-9-4(8)10-3/h3H. The van der Waals surface area contributed by atoms with Crippen LogP contribution in [0.4, 0.5) is 18.0 Å². The van der Waals surface area contributed by atoms with Crippen molar-refractivity contribution >= 4 is 6.16 Å². The number of rotatable bonds is 1. The van der Waals surface area contributed by atoms with Gasteiger partial charge in [-0.15, -0.1) is 0 Å². The number of carbonyl (C=O) groups excluding carboxylic acids is 1. The smallest absolute Gasteiger partial charge is 0.386 e. The van der Waals surface area contributed by atoms with Gasteiger partial charge < -0.3 is 9.47 Å². The minimum Gasteiger partial charge on any atom is -0.386 e. The van der Waals surface area contributed by atoms with Crippen LogP contribution in [0.15, 0.2) is 11.9 Å². The summed E-state index contributed by atoms with van der Waals surface area (Å²) >= 11 is 0. The first kappa shape index (κ1) is 6.91. The molecule has 0 bridgehead atoms. The van der Waals surface area contributed by atoms with Crippen LogP contribution < -0.4 is 0 Å². The summed E-state index contributed by atoms with van der Waals surface area (Å²) in [4.78, 5) is 9.76. The molecule has 1 aliphatic heterocycles. The molecule has 0 saturated carbocycles. The number of hydrogen-bond acceptors (Lipinski definition) is 3.